The van der Waals surface area contributed by atoms with Crippen LogP contribution in [-0.4, -0.2) is 0 Å². The maximum absolute atomic E-state index is 5.60. The second-order valence-corrected chi connectivity index (χ2v) is 5.31. The monoisotopic (exact) mass is 268 g/mol. The predicted molar refractivity (Wildman–Crippen MR) is 86.8 cm³/mol. The molecule has 0 aliphatic heterocycles. The van der Waals surface area contributed by atoms with E-state index in [9.17, 15) is 0 Å². The third-order valence-electron chi connectivity index (χ3n) is 3.85. The van der Waals surface area contributed by atoms with Gasteiger partial charge in [-0.1, -0.05) is 50.2 Å². The molecule has 1 unspecified atom stereocenters. The molecule has 0 spiro atoms. The van der Waals surface area contributed by atoms with E-state index in [1.54, 1.807) is 0 Å². The fourth-order valence-corrected chi connectivity index (χ4v) is 2.16. The van der Waals surface area contributed by atoms with E-state index < -0.39 is 0 Å². The van der Waals surface area contributed by atoms with Crippen molar-refractivity contribution in [2.24, 2.45) is 5.73 Å². The van der Waals surface area contributed by atoms with E-state index in [0.29, 0.717) is 12.5 Å². The van der Waals surface area contributed by atoms with Gasteiger partial charge in [-0.2, -0.15) is 0 Å². The molecule has 0 aromatic heterocycles. The van der Waals surface area contributed by atoms with Gasteiger partial charge in [0.2, 0.25) is 0 Å². The average molecular weight is 268 g/mol. The van der Waals surface area contributed by atoms with Gasteiger partial charge in [0.05, 0.1) is 0 Å². The molecule has 0 bridgehead atoms. The Balaban J connectivity index is 1.93. The van der Waals surface area contributed by atoms with Gasteiger partial charge >= 0.3 is 0 Å². The van der Waals surface area contributed by atoms with Crippen molar-refractivity contribution < 1.29 is 0 Å². The number of hydrogen-bond acceptors (Lipinski definition) is 2. The minimum Gasteiger partial charge on any atom is -0.381 e. The minimum atomic E-state index is 0.602. The average Bonchev–Trinajstić information content (AvgIpc) is 2.53. The van der Waals surface area contributed by atoms with E-state index in [1.165, 1.54) is 28.8 Å². The van der Waals surface area contributed by atoms with Crippen molar-refractivity contribution in [3.63, 3.8) is 0 Å². The standard InChI is InChI=1S/C18H24N2/c1-3-14(2)17-8-10-18(11-9-17)20-13-16-6-4-15(12-19)5-7-16/h4-11,14,20H,3,12-13,19H2,1-2H3. The second-order valence-electron chi connectivity index (χ2n) is 5.31. The molecular weight excluding hydrogens is 244 g/mol. The summed E-state index contributed by atoms with van der Waals surface area (Å²) in [6, 6.07) is 17.2. The topological polar surface area (TPSA) is 38.0 Å². The van der Waals surface area contributed by atoms with Crippen molar-refractivity contribution in [3.8, 4) is 0 Å². The van der Waals surface area contributed by atoms with Gasteiger partial charge in [0.1, 0.15) is 0 Å². The molecule has 106 valence electrons. The third-order valence-corrected chi connectivity index (χ3v) is 3.85. The van der Waals surface area contributed by atoms with Gasteiger partial charge in [-0.25, -0.2) is 0 Å². The van der Waals surface area contributed by atoms with E-state index in [2.05, 4.69) is 67.7 Å². The Morgan fingerprint density at radius 3 is 2.10 bits per heavy atom. The molecule has 2 nitrogen and oxygen atoms in total. The summed E-state index contributed by atoms with van der Waals surface area (Å²) >= 11 is 0. The summed E-state index contributed by atoms with van der Waals surface area (Å²) in [5, 5.41) is 3.45. The first kappa shape index (κ1) is 14.6. The molecule has 0 saturated heterocycles. The predicted octanol–water partition coefficient (Wildman–Crippen LogP) is 4.27. The zero-order valence-corrected chi connectivity index (χ0v) is 12.4. The molecule has 0 heterocycles. The quantitative estimate of drug-likeness (QED) is 0.821. The SMILES string of the molecule is CCC(C)c1ccc(NCc2ccc(CN)cc2)cc1. The number of anilines is 1. The van der Waals surface area contributed by atoms with Crippen LogP contribution in [0.3, 0.4) is 0 Å². The summed E-state index contributed by atoms with van der Waals surface area (Å²) in [5.74, 6) is 0.632. The zero-order chi connectivity index (χ0) is 14.4. The van der Waals surface area contributed by atoms with Crippen LogP contribution in [0.15, 0.2) is 48.5 Å². The van der Waals surface area contributed by atoms with Crippen molar-refractivity contribution in [1.29, 1.82) is 0 Å². The van der Waals surface area contributed by atoms with Gasteiger partial charge in [0.15, 0.2) is 0 Å². The largest absolute Gasteiger partial charge is 0.381 e. The van der Waals surface area contributed by atoms with Crippen molar-refractivity contribution in [3.05, 3.63) is 65.2 Å². The number of hydrogen-bond donors (Lipinski definition) is 2. The van der Waals surface area contributed by atoms with Crippen LogP contribution in [0.2, 0.25) is 0 Å². The maximum atomic E-state index is 5.60. The first-order chi connectivity index (χ1) is 9.72. The van der Waals surface area contributed by atoms with E-state index in [0.717, 1.165) is 6.54 Å². The molecule has 0 fully saturated rings. The van der Waals surface area contributed by atoms with Crippen molar-refractivity contribution >= 4 is 5.69 Å². The maximum Gasteiger partial charge on any atom is 0.0400 e. The molecule has 3 N–H and O–H groups in total. The van der Waals surface area contributed by atoms with Gasteiger partial charge in [-0.15, -0.1) is 0 Å². The van der Waals surface area contributed by atoms with E-state index in [1.807, 2.05) is 0 Å². The molecule has 0 aliphatic rings. The summed E-state index contributed by atoms with van der Waals surface area (Å²) < 4.78 is 0. The first-order valence-corrected chi connectivity index (χ1v) is 7.34. The fourth-order valence-electron chi connectivity index (χ4n) is 2.16. The molecule has 2 heteroatoms. The van der Waals surface area contributed by atoms with Gasteiger partial charge < -0.3 is 11.1 Å². The van der Waals surface area contributed by atoms with Crippen LogP contribution < -0.4 is 11.1 Å². The summed E-state index contributed by atoms with van der Waals surface area (Å²) in [7, 11) is 0. The lowest BCUT2D eigenvalue weighted by Gasteiger charge is -2.11. The molecule has 0 aliphatic carbocycles. The lowest BCUT2D eigenvalue weighted by molar-refractivity contribution is 0.734. The highest BCUT2D eigenvalue weighted by Gasteiger charge is 2.02. The molecule has 2 aromatic rings. The van der Waals surface area contributed by atoms with Gasteiger partial charge in [0.25, 0.3) is 0 Å². The molecule has 2 aromatic carbocycles. The van der Waals surface area contributed by atoms with Crippen molar-refractivity contribution in [1.82, 2.24) is 0 Å². The highest BCUT2D eigenvalue weighted by atomic mass is 14.9. The normalized spacial score (nSPS) is 12.2. The highest BCUT2D eigenvalue weighted by molar-refractivity contribution is 5.45. The highest BCUT2D eigenvalue weighted by Crippen LogP contribution is 2.20. The van der Waals surface area contributed by atoms with E-state index in [-0.39, 0.29) is 0 Å². The zero-order valence-electron chi connectivity index (χ0n) is 12.4. The minimum absolute atomic E-state index is 0.602. The van der Waals surface area contributed by atoms with Crippen molar-refractivity contribution in [2.45, 2.75) is 39.3 Å². The molecule has 0 radical (unpaired) electrons. The lowest BCUT2D eigenvalue weighted by Crippen LogP contribution is -2.01. The number of rotatable bonds is 6. The number of benzene rings is 2. The fraction of sp³-hybridized carbons (Fsp3) is 0.333. The van der Waals surface area contributed by atoms with Crippen LogP contribution in [-0.2, 0) is 13.1 Å². The summed E-state index contributed by atoms with van der Waals surface area (Å²) in [5.41, 5.74) is 10.6. The van der Waals surface area contributed by atoms with Gasteiger partial charge in [-0.3, -0.25) is 0 Å². The van der Waals surface area contributed by atoms with Crippen LogP contribution in [0, 0.1) is 0 Å². The molecule has 0 saturated carbocycles. The van der Waals surface area contributed by atoms with E-state index in [4.69, 9.17) is 5.73 Å². The smallest absolute Gasteiger partial charge is 0.0400 e. The Hall–Kier alpha value is -1.80. The summed E-state index contributed by atoms with van der Waals surface area (Å²) in [6.45, 7) is 5.93. The van der Waals surface area contributed by atoms with Gasteiger partial charge in [-0.05, 0) is 41.2 Å². The van der Waals surface area contributed by atoms with Crippen LogP contribution in [0.5, 0.6) is 0 Å². The Bertz CT molecular complexity index is 514. The van der Waals surface area contributed by atoms with Crippen LogP contribution >= 0.6 is 0 Å². The first-order valence-electron chi connectivity index (χ1n) is 7.34. The summed E-state index contributed by atoms with van der Waals surface area (Å²) in [4.78, 5) is 0. The molecular formula is C18H24N2. The lowest BCUT2D eigenvalue weighted by atomic mass is 9.98. The molecule has 2 rings (SSSR count). The van der Waals surface area contributed by atoms with Crippen LogP contribution in [0.25, 0.3) is 0 Å². The Labute approximate surface area is 122 Å². The Morgan fingerprint density at radius 2 is 1.55 bits per heavy atom. The number of nitrogens with two attached hydrogens (primary N) is 1. The molecule has 1 atom stereocenters. The van der Waals surface area contributed by atoms with Crippen LogP contribution in [0.1, 0.15) is 42.9 Å². The van der Waals surface area contributed by atoms with Gasteiger partial charge in [0, 0.05) is 18.8 Å². The van der Waals surface area contributed by atoms with Crippen molar-refractivity contribution in [2.75, 3.05) is 5.32 Å². The van der Waals surface area contributed by atoms with E-state index >= 15 is 0 Å². The van der Waals surface area contributed by atoms with Crippen LogP contribution in [0.4, 0.5) is 5.69 Å². The Morgan fingerprint density at radius 1 is 0.950 bits per heavy atom. The Kier molecular flexibility index (Phi) is 5.19. The second kappa shape index (κ2) is 7.11. The summed E-state index contributed by atoms with van der Waals surface area (Å²) in [6.07, 6.45) is 1.18. The molecule has 20 heavy (non-hydrogen) atoms. The molecule has 0 amide bonds. The number of nitrogens with one attached hydrogen (secondary N) is 1. The third kappa shape index (κ3) is 3.84.